The third-order valence-electron chi connectivity index (χ3n) is 3.14. The number of nitro groups is 1. The maximum absolute atomic E-state index is 10.8. The van der Waals surface area contributed by atoms with E-state index < -0.39 is 4.92 Å². The van der Waals surface area contributed by atoms with Crippen LogP contribution in [0.2, 0.25) is 0 Å². The second-order valence-electron chi connectivity index (χ2n) is 4.36. The predicted molar refractivity (Wildman–Crippen MR) is 64.9 cm³/mol. The minimum Gasteiger partial charge on any atom is -0.393 e. The highest BCUT2D eigenvalue weighted by Gasteiger charge is 2.26. The van der Waals surface area contributed by atoms with Crippen LogP contribution in [0.4, 0.5) is 17.5 Å². The Morgan fingerprint density at radius 3 is 3.00 bits per heavy atom. The predicted octanol–water partition coefficient (Wildman–Crippen LogP) is 0.540. The van der Waals surface area contributed by atoms with Crippen LogP contribution in [0.15, 0.2) is 6.20 Å². The van der Waals surface area contributed by atoms with E-state index >= 15 is 0 Å². The summed E-state index contributed by atoms with van der Waals surface area (Å²) in [5.41, 5.74) is 5.19. The van der Waals surface area contributed by atoms with Crippen LogP contribution in [0.25, 0.3) is 0 Å². The van der Waals surface area contributed by atoms with Crippen molar-refractivity contribution in [2.75, 3.05) is 17.6 Å². The van der Waals surface area contributed by atoms with Crippen LogP contribution in [-0.4, -0.2) is 32.6 Å². The summed E-state index contributed by atoms with van der Waals surface area (Å²) < 4.78 is 0. The number of aliphatic hydroxyl groups excluding tert-OH is 1. The van der Waals surface area contributed by atoms with Crippen molar-refractivity contribution in [3.05, 3.63) is 16.3 Å². The molecule has 0 radical (unpaired) electrons. The standard InChI is InChI=1S/C10H15N5O3/c11-10-13-5-7(15(17)18)9(14-10)12-4-6-2-1-3-8(6)16/h5-6,8,16H,1-4H2,(H3,11,12,13,14). The topological polar surface area (TPSA) is 127 Å². The monoisotopic (exact) mass is 253 g/mol. The molecule has 2 rings (SSSR count). The van der Waals surface area contributed by atoms with Crippen LogP contribution < -0.4 is 11.1 Å². The number of nitrogens with zero attached hydrogens (tertiary/aromatic N) is 3. The van der Waals surface area contributed by atoms with Crippen molar-refractivity contribution in [3.8, 4) is 0 Å². The number of nitrogens with one attached hydrogen (secondary N) is 1. The number of hydrogen-bond donors (Lipinski definition) is 3. The fraction of sp³-hybridized carbons (Fsp3) is 0.600. The van der Waals surface area contributed by atoms with Crippen LogP contribution in [0, 0.1) is 16.0 Å². The van der Waals surface area contributed by atoms with Crippen molar-refractivity contribution in [2.45, 2.75) is 25.4 Å². The van der Waals surface area contributed by atoms with Gasteiger partial charge >= 0.3 is 5.69 Å². The van der Waals surface area contributed by atoms with Gasteiger partial charge in [-0.2, -0.15) is 4.98 Å². The van der Waals surface area contributed by atoms with Gasteiger partial charge < -0.3 is 16.2 Å². The van der Waals surface area contributed by atoms with E-state index in [4.69, 9.17) is 5.73 Å². The molecule has 98 valence electrons. The Hall–Kier alpha value is -1.96. The first-order chi connectivity index (χ1) is 8.58. The number of rotatable bonds is 4. The molecule has 18 heavy (non-hydrogen) atoms. The third-order valence-corrected chi connectivity index (χ3v) is 3.14. The molecule has 0 aliphatic heterocycles. The molecule has 2 unspecified atom stereocenters. The second kappa shape index (κ2) is 5.13. The van der Waals surface area contributed by atoms with Gasteiger partial charge in [-0.1, -0.05) is 6.42 Å². The largest absolute Gasteiger partial charge is 0.393 e. The van der Waals surface area contributed by atoms with Crippen molar-refractivity contribution < 1.29 is 10.0 Å². The molecule has 1 aliphatic rings. The first-order valence-electron chi connectivity index (χ1n) is 5.76. The maximum atomic E-state index is 10.8. The lowest BCUT2D eigenvalue weighted by molar-refractivity contribution is -0.384. The van der Waals surface area contributed by atoms with Gasteiger partial charge in [0.2, 0.25) is 11.8 Å². The summed E-state index contributed by atoms with van der Waals surface area (Å²) in [5.74, 6) is 0.183. The van der Waals surface area contributed by atoms with Gasteiger partial charge in [0.1, 0.15) is 6.20 Å². The summed E-state index contributed by atoms with van der Waals surface area (Å²) in [6.07, 6.45) is 3.39. The minimum absolute atomic E-state index is 0.0185. The number of aromatic nitrogens is 2. The SMILES string of the molecule is Nc1ncc([N+](=O)[O-])c(NCC2CCCC2O)n1. The van der Waals surface area contributed by atoms with Crippen LogP contribution >= 0.6 is 0 Å². The van der Waals surface area contributed by atoms with Gasteiger partial charge in [-0.05, 0) is 12.8 Å². The summed E-state index contributed by atoms with van der Waals surface area (Å²) >= 11 is 0. The summed E-state index contributed by atoms with van der Waals surface area (Å²) in [7, 11) is 0. The lowest BCUT2D eigenvalue weighted by Crippen LogP contribution is -2.22. The number of aliphatic hydroxyl groups is 1. The second-order valence-corrected chi connectivity index (χ2v) is 4.36. The molecule has 8 heteroatoms. The lowest BCUT2D eigenvalue weighted by Gasteiger charge is -2.15. The molecule has 2 atom stereocenters. The fourth-order valence-electron chi connectivity index (χ4n) is 2.14. The van der Waals surface area contributed by atoms with Gasteiger partial charge in [0.15, 0.2) is 0 Å². The normalized spacial score (nSPS) is 22.9. The zero-order chi connectivity index (χ0) is 13.1. The third kappa shape index (κ3) is 2.65. The van der Waals surface area contributed by atoms with Crippen LogP contribution in [0.3, 0.4) is 0 Å². The van der Waals surface area contributed by atoms with Gasteiger partial charge in [0, 0.05) is 12.5 Å². The molecule has 1 aliphatic carbocycles. The molecule has 0 saturated heterocycles. The molecular formula is C10H15N5O3. The molecule has 0 aromatic carbocycles. The summed E-state index contributed by atoms with van der Waals surface area (Å²) in [6.45, 7) is 0.443. The van der Waals surface area contributed by atoms with Crippen molar-refractivity contribution in [3.63, 3.8) is 0 Å². The Kier molecular flexibility index (Phi) is 3.56. The van der Waals surface area contributed by atoms with Gasteiger partial charge in [0.05, 0.1) is 11.0 Å². The zero-order valence-corrected chi connectivity index (χ0v) is 9.74. The Balaban J connectivity index is 2.08. The summed E-state index contributed by atoms with van der Waals surface area (Å²) in [4.78, 5) is 17.6. The highest BCUT2D eigenvalue weighted by molar-refractivity contribution is 5.56. The number of hydrogen-bond acceptors (Lipinski definition) is 7. The van der Waals surface area contributed by atoms with E-state index in [2.05, 4.69) is 15.3 Å². The van der Waals surface area contributed by atoms with E-state index in [0.29, 0.717) is 6.54 Å². The van der Waals surface area contributed by atoms with Gasteiger partial charge in [-0.25, -0.2) is 4.98 Å². The number of anilines is 2. The molecule has 1 aromatic heterocycles. The van der Waals surface area contributed by atoms with Crippen molar-refractivity contribution in [1.82, 2.24) is 9.97 Å². The van der Waals surface area contributed by atoms with Crippen LogP contribution in [-0.2, 0) is 0 Å². The van der Waals surface area contributed by atoms with Crippen molar-refractivity contribution in [2.24, 2.45) is 5.92 Å². The van der Waals surface area contributed by atoms with E-state index in [1.807, 2.05) is 0 Å². The minimum atomic E-state index is -0.563. The summed E-state index contributed by atoms with van der Waals surface area (Å²) in [6, 6.07) is 0. The molecule has 1 fully saturated rings. The van der Waals surface area contributed by atoms with E-state index in [1.54, 1.807) is 0 Å². The first kappa shape index (κ1) is 12.5. The van der Waals surface area contributed by atoms with E-state index in [1.165, 1.54) is 0 Å². The average Bonchev–Trinajstić information content (AvgIpc) is 2.72. The fourth-order valence-corrected chi connectivity index (χ4v) is 2.14. The molecule has 0 amide bonds. The molecule has 1 aromatic rings. The molecule has 1 saturated carbocycles. The number of nitrogens with two attached hydrogens (primary N) is 1. The quantitative estimate of drug-likeness (QED) is 0.527. The van der Waals surface area contributed by atoms with Crippen molar-refractivity contribution >= 4 is 17.5 Å². The van der Waals surface area contributed by atoms with Crippen LogP contribution in [0.5, 0.6) is 0 Å². The van der Waals surface area contributed by atoms with Crippen LogP contribution in [0.1, 0.15) is 19.3 Å². The smallest absolute Gasteiger partial charge is 0.329 e. The Morgan fingerprint density at radius 1 is 1.61 bits per heavy atom. The molecule has 0 bridgehead atoms. The van der Waals surface area contributed by atoms with Gasteiger partial charge in [-0.3, -0.25) is 10.1 Å². The van der Waals surface area contributed by atoms with E-state index in [9.17, 15) is 15.2 Å². The highest BCUT2D eigenvalue weighted by atomic mass is 16.6. The first-order valence-corrected chi connectivity index (χ1v) is 5.76. The van der Waals surface area contributed by atoms with E-state index in [0.717, 1.165) is 25.5 Å². The van der Waals surface area contributed by atoms with Gasteiger partial charge in [-0.15, -0.1) is 0 Å². The maximum Gasteiger partial charge on any atom is 0.329 e. The Morgan fingerprint density at radius 2 is 2.39 bits per heavy atom. The average molecular weight is 253 g/mol. The molecule has 1 heterocycles. The van der Waals surface area contributed by atoms with E-state index in [-0.39, 0.29) is 29.5 Å². The highest BCUT2D eigenvalue weighted by Crippen LogP contribution is 2.27. The lowest BCUT2D eigenvalue weighted by atomic mass is 10.1. The van der Waals surface area contributed by atoms with Gasteiger partial charge in [0.25, 0.3) is 0 Å². The molecule has 8 nitrogen and oxygen atoms in total. The molecule has 4 N–H and O–H groups in total. The number of nitrogen functional groups attached to an aromatic ring is 1. The molecular weight excluding hydrogens is 238 g/mol. The molecule has 0 spiro atoms. The Bertz CT molecular complexity index is 453. The summed E-state index contributed by atoms with van der Waals surface area (Å²) in [5, 5.41) is 23.3. The zero-order valence-electron chi connectivity index (χ0n) is 9.74. The van der Waals surface area contributed by atoms with Crippen molar-refractivity contribution in [1.29, 1.82) is 0 Å². The Labute approximate surface area is 103 Å².